The highest BCUT2D eigenvalue weighted by Crippen LogP contribution is 2.49. The fraction of sp³-hybridized carbons (Fsp3) is 0.347. The van der Waals surface area contributed by atoms with Gasteiger partial charge in [-0.2, -0.15) is 10.1 Å². The summed E-state index contributed by atoms with van der Waals surface area (Å²) in [6.07, 6.45) is 11.3. The molecule has 8 aromatic heterocycles. The Hall–Kier alpha value is -12.7. The van der Waals surface area contributed by atoms with E-state index in [1.807, 2.05) is 12.1 Å². The van der Waals surface area contributed by atoms with Gasteiger partial charge in [-0.1, -0.05) is 84.3 Å². The SMILES string of the molecule is C=CC(=O)NC1CCOCC1Cc1cc2c(cn1)CC(C(O)c1c(F)c(OC)cc(OC)c1Cl)=N2.C=CC(=O)NC1CCOCC1Cc1cc2nc(C(O)c3c(F)c(OC)cc(OC)c3Cl)sc2cn1.C=CC(=O)NC1CCOCC1Cc1ncc2oc(C(O)c3c(F)c(OC)cc(OC)c3Cl)nc2n1.C=CC(=O)Nc1cn(C)nc1Cc1ncc2oc(C(O)c3c(Cl)c(OC)cc(OC)c3Cl)cc2n1. The van der Waals surface area contributed by atoms with Crippen molar-refractivity contribution in [1.29, 1.82) is 0 Å². The van der Waals surface area contributed by atoms with E-state index in [9.17, 15) is 44.0 Å². The average molecular weight is 2050 g/mol. The predicted molar refractivity (Wildman–Crippen MR) is 513 cm³/mol. The summed E-state index contributed by atoms with van der Waals surface area (Å²) in [4.78, 5) is 87.0. The van der Waals surface area contributed by atoms with Crippen molar-refractivity contribution in [1.82, 2.24) is 65.6 Å². The summed E-state index contributed by atoms with van der Waals surface area (Å²) >= 11 is 32.9. The molecule has 16 rings (SSSR count). The number of aromatic nitrogens is 10. The number of anilines is 1. The molecule has 45 heteroatoms. The molecule has 4 amide bonds. The van der Waals surface area contributed by atoms with E-state index < -0.39 is 41.9 Å². The van der Waals surface area contributed by atoms with Gasteiger partial charge in [-0.05, 0) is 68.5 Å². The van der Waals surface area contributed by atoms with Gasteiger partial charge >= 0.3 is 0 Å². The highest BCUT2D eigenvalue weighted by Gasteiger charge is 2.38. The Balaban J connectivity index is 0.000000157. The van der Waals surface area contributed by atoms with Gasteiger partial charge in [-0.25, -0.2) is 38.1 Å². The topological polar surface area (TPSA) is 458 Å². The minimum Gasteiger partial charge on any atom is -0.495 e. The van der Waals surface area contributed by atoms with Crippen molar-refractivity contribution in [2.24, 2.45) is 29.8 Å². The Kier molecular flexibility index (Phi) is 35.5. The Labute approximate surface area is 828 Å². The van der Waals surface area contributed by atoms with Crippen LogP contribution in [0.15, 0.2) is 138 Å². The molecule has 140 heavy (non-hydrogen) atoms. The van der Waals surface area contributed by atoms with Crippen LogP contribution in [0.1, 0.15) is 117 Å². The van der Waals surface area contributed by atoms with Gasteiger partial charge in [0.2, 0.25) is 35.2 Å². The van der Waals surface area contributed by atoms with Crippen LogP contribution < -0.4 is 59.2 Å². The number of fused-ring (bicyclic) bond motifs is 4. The second-order valence-corrected chi connectivity index (χ2v) is 34.8. The molecule has 12 aromatic rings. The maximum Gasteiger partial charge on any atom is 0.247 e. The quantitative estimate of drug-likeness (QED) is 0.0182. The number of furan rings is 1. The Morgan fingerprint density at radius 2 is 0.950 bits per heavy atom. The molecule has 10 atom stereocenters. The number of thiazole rings is 1. The van der Waals surface area contributed by atoms with E-state index in [4.69, 9.17) is 119 Å². The number of aliphatic imine (C=N–C) groups is 1. The fourth-order valence-corrected chi connectivity index (χ4v) is 18.5. The number of benzene rings is 4. The second-order valence-electron chi connectivity index (χ2n) is 31.9. The summed E-state index contributed by atoms with van der Waals surface area (Å²) in [6.45, 7) is 17.1. The highest BCUT2D eigenvalue weighted by atomic mass is 35.5. The van der Waals surface area contributed by atoms with Gasteiger partial charge in [0.25, 0.3) is 0 Å². The third-order valence-corrected chi connectivity index (χ3v) is 26.2. The van der Waals surface area contributed by atoms with Crippen LogP contribution in [0.25, 0.3) is 32.5 Å². The molecule has 10 unspecified atom stereocenters. The average Bonchev–Trinajstić information content (AvgIpc) is 1.40. The Bertz CT molecular complexity index is 6370. The summed E-state index contributed by atoms with van der Waals surface area (Å²) in [5.41, 5.74) is 5.81. The smallest absolute Gasteiger partial charge is 0.247 e. The fourth-order valence-electron chi connectivity index (χ4n) is 16.0. The van der Waals surface area contributed by atoms with Crippen molar-refractivity contribution in [3.05, 3.63) is 240 Å². The van der Waals surface area contributed by atoms with Crippen LogP contribution in [-0.4, -0.2) is 214 Å². The van der Waals surface area contributed by atoms with Crippen molar-refractivity contribution in [2.45, 2.75) is 93.9 Å². The molecule has 4 aliphatic heterocycles. The van der Waals surface area contributed by atoms with Gasteiger partial charge in [0.1, 0.15) is 75.0 Å². The van der Waals surface area contributed by atoms with Gasteiger partial charge in [0.15, 0.2) is 52.0 Å². The standard InChI is InChI=1S/C25H27ClFN3O5.C24H25ClFN3O5S.C23H21Cl2N5O5.C23H24ClFN4O6/c1-4-21(31)30-16-5-6-35-12-14(16)7-15-9-17-13(11-28-15)8-18(29-17)25(32)22-23(26)19(33-2)10-20(34-3)24(22)27;1-4-19(30)28-14-5-6-34-11-12(14)7-13-8-15-18(10-27-13)35-24(29-15)23(31)20-21(25)16(32-2)9-17(33-3)22(20)26;1-5-19(31)28-13-10-30(2)29-11(13)7-18-26-9-17-12(27-18)6-16(35-17)23(32)20-21(24)14(33-3)8-15(34-4)22(20)25;1-4-17(30)27-12-5-6-34-10-11(12)7-16-26-9-15-22(28-16)29-23(35-15)21(31)18-19(24)13(32-2)8-14(33-3)20(18)25/h4,9-11,14,16,25,32H,1,5-8,12H2,2-3H3,(H,30,31);4,8-10,12,14,23,31H,1,5-7,11H2,2-3H3,(H,28,30);5-6,8-10,23,32H,1,7H2,2-4H3,(H,28,31);4,8-9,11-12,21,31H,1,5-7,10H2,2-3H3,(H,27,30). The number of carbonyl (C=O) groups excluding carboxylic acids is 4. The number of nitrogens with zero attached hydrogens (tertiary/aromatic N) is 11. The first-order valence-corrected chi connectivity index (χ1v) is 45.8. The Morgan fingerprint density at radius 1 is 0.500 bits per heavy atom. The highest BCUT2D eigenvalue weighted by molar-refractivity contribution is 7.18. The normalized spacial score (nSPS) is 17.4. The maximum absolute atomic E-state index is 15.0. The number of aryl methyl sites for hydroxylation is 1. The summed E-state index contributed by atoms with van der Waals surface area (Å²) in [6, 6.07) is 10.5. The van der Waals surface area contributed by atoms with Crippen molar-refractivity contribution >= 4 is 143 Å². The lowest BCUT2D eigenvalue weighted by Gasteiger charge is -2.31. The molecular formula is C95H97Cl5F3N15O21S. The molecule has 4 aromatic carbocycles. The third-order valence-electron chi connectivity index (χ3n) is 23.2. The number of rotatable bonds is 32. The molecule has 740 valence electrons. The van der Waals surface area contributed by atoms with Crippen molar-refractivity contribution in [2.75, 3.05) is 102 Å². The number of carbonyl (C=O) groups is 4. The number of aliphatic hydroxyl groups is 4. The van der Waals surface area contributed by atoms with E-state index in [2.05, 4.69) is 97.5 Å². The molecule has 36 nitrogen and oxygen atoms in total. The molecule has 8 N–H and O–H groups in total. The molecule has 0 radical (unpaired) electrons. The van der Waals surface area contributed by atoms with Crippen molar-refractivity contribution in [3.63, 3.8) is 0 Å². The van der Waals surface area contributed by atoms with Gasteiger partial charge < -0.3 is 103 Å². The molecule has 3 fully saturated rings. The van der Waals surface area contributed by atoms with E-state index in [0.717, 1.165) is 21.7 Å². The summed E-state index contributed by atoms with van der Waals surface area (Å²) < 4.78 is 117. The molecule has 4 aliphatic rings. The number of aliphatic hydroxyl groups excluding tert-OH is 4. The number of halogens is 8. The van der Waals surface area contributed by atoms with Crippen LogP contribution in [0.4, 0.5) is 24.5 Å². The minimum absolute atomic E-state index is 0.0402. The monoisotopic (exact) mass is 2050 g/mol. The largest absolute Gasteiger partial charge is 0.495 e. The first kappa shape index (κ1) is 105. The lowest BCUT2D eigenvalue weighted by molar-refractivity contribution is -0.119. The number of pyridine rings is 2. The maximum atomic E-state index is 15.0. The van der Waals surface area contributed by atoms with Crippen LogP contribution in [0.5, 0.6) is 46.0 Å². The van der Waals surface area contributed by atoms with Crippen LogP contribution in [-0.2, 0) is 72.5 Å². The van der Waals surface area contributed by atoms with E-state index in [0.29, 0.717) is 136 Å². The van der Waals surface area contributed by atoms with Gasteiger partial charge in [0.05, 0.1) is 159 Å². The van der Waals surface area contributed by atoms with Crippen LogP contribution in [0.2, 0.25) is 25.1 Å². The number of nitrogens with one attached hydrogen (secondary N) is 4. The summed E-state index contributed by atoms with van der Waals surface area (Å²) in [7, 11) is 12.7. The van der Waals surface area contributed by atoms with Gasteiger partial charge in [-0.3, -0.25) is 38.8 Å². The molecule has 3 saturated heterocycles. The van der Waals surface area contributed by atoms with Gasteiger partial charge in [-0.15, -0.1) is 11.3 Å². The van der Waals surface area contributed by atoms with E-state index in [1.54, 1.807) is 36.4 Å². The van der Waals surface area contributed by atoms with E-state index >= 15 is 8.78 Å². The molecule has 0 saturated carbocycles. The number of methoxy groups -OCH3 is 8. The van der Waals surface area contributed by atoms with Crippen LogP contribution in [0, 0.1) is 35.2 Å². The zero-order valence-corrected chi connectivity index (χ0v) is 81.4. The van der Waals surface area contributed by atoms with Crippen molar-refractivity contribution < 1.29 is 114 Å². The Morgan fingerprint density at radius 3 is 1.45 bits per heavy atom. The number of oxazole rings is 1. The summed E-state index contributed by atoms with van der Waals surface area (Å²) in [5.74, 6) is -1.91. The molecule has 0 spiro atoms. The first-order chi connectivity index (χ1) is 67.3. The molecule has 0 bridgehead atoms. The zero-order valence-electron chi connectivity index (χ0n) is 76.8. The third kappa shape index (κ3) is 24.0. The first-order valence-electron chi connectivity index (χ1n) is 43.1. The number of hydrogen-bond donors (Lipinski definition) is 8. The second kappa shape index (κ2) is 47.5. The molecule has 12 heterocycles. The van der Waals surface area contributed by atoms with E-state index in [1.165, 1.54) is 129 Å². The number of amides is 4. The molecule has 0 aliphatic carbocycles. The van der Waals surface area contributed by atoms with Crippen molar-refractivity contribution in [3.8, 4) is 46.0 Å². The van der Waals surface area contributed by atoms with Crippen LogP contribution >= 0.6 is 69.3 Å². The van der Waals surface area contributed by atoms with Gasteiger partial charge in [0, 0.05) is 158 Å². The predicted octanol–water partition coefficient (Wildman–Crippen LogP) is 14.2. The lowest BCUT2D eigenvalue weighted by Crippen LogP contribution is -2.46. The minimum atomic E-state index is -1.66. The molecular weight excluding hydrogens is 1950 g/mol. The van der Waals surface area contributed by atoms with E-state index in [-0.39, 0.29) is 187 Å². The number of hydrogen-bond acceptors (Lipinski definition) is 32. The zero-order chi connectivity index (χ0) is 101. The number of ether oxygens (including phenoxy) is 11. The lowest BCUT2D eigenvalue weighted by atomic mass is 9.90. The van der Waals surface area contributed by atoms with Crippen LogP contribution in [0.3, 0.4) is 0 Å². The summed E-state index contributed by atoms with van der Waals surface area (Å²) in [5, 5.41) is 60.1.